The van der Waals surface area contributed by atoms with Crippen LogP contribution in [0.1, 0.15) is 73.1 Å². The number of fused-ring (bicyclic) bond motifs is 1. The minimum absolute atomic E-state index is 0.0847. The highest BCUT2D eigenvalue weighted by Gasteiger charge is 2.34. The van der Waals surface area contributed by atoms with Gasteiger partial charge < -0.3 is 9.80 Å². The van der Waals surface area contributed by atoms with Crippen molar-refractivity contribution in [1.82, 2.24) is 14.7 Å². The Kier molecular flexibility index (Phi) is 7.59. The highest BCUT2D eigenvalue weighted by molar-refractivity contribution is 7.10. The largest absolute Gasteiger partial charge is 0.338 e. The number of aryl methyl sites for hydroxylation is 1. The zero-order chi connectivity index (χ0) is 24.4. The summed E-state index contributed by atoms with van der Waals surface area (Å²) in [5.74, 6) is 1.20. The summed E-state index contributed by atoms with van der Waals surface area (Å²) < 4.78 is 0. The molecular weight excluding hydrogens is 454 g/mol. The van der Waals surface area contributed by atoms with Crippen LogP contribution in [0.5, 0.6) is 0 Å². The zero-order valence-corrected chi connectivity index (χ0v) is 22.1. The molecule has 2 aromatic rings. The zero-order valence-electron chi connectivity index (χ0n) is 21.2. The van der Waals surface area contributed by atoms with E-state index in [1.807, 2.05) is 21.1 Å². The number of amides is 2. The number of carbonyl (C=O) groups excluding carboxylic acids is 2. The molecule has 35 heavy (non-hydrogen) atoms. The average molecular weight is 494 g/mol. The first-order valence-corrected chi connectivity index (χ1v) is 14.3. The van der Waals surface area contributed by atoms with Gasteiger partial charge >= 0.3 is 0 Å². The molecule has 5 rings (SSSR count). The van der Waals surface area contributed by atoms with E-state index in [4.69, 9.17) is 0 Å². The summed E-state index contributed by atoms with van der Waals surface area (Å²) in [5, 5.41) is 2.18. The Morgan fingerprint density at radius 3 is 2.51 bits per heavy atom. The van der Waals surface area contributed by atoms with E-state index in [1.165, 1.54) is 47.3 Å². The van der Waals surface area contributed by atoms with Gasteiger partial charge in [-0.1, -0.05) is 55.5 Å². The lowest BCUT2D eigenvalue weighted by molar-refractivity contribution is -0.143. The van der Waals surface area contributed by atoms with Gasteiger partial charge in [0.05, 0.1) is 12.6 Å². The van der Waals surface area contributed by atoms with E-state index in [-0.39, 0.29) is 23.9 Å². The Labute approximate surface area is 214 Å². The summed E-state index contributed by atoms with van der Waals surface area (Å²) in [6.07, 6.45) is 7.93. The maximum absolute atomic E-state index is 13.5. The molecule has 6 heteroatoms. The van der Waals surface area contributed by atoms with Crippen molar-refractivity contribution in [3.05, 3.63) is 57.3 Å². The van der Waals surface area contributed by atoms with Crippen LogP contribution in [-0.4, -0.2) is 65.3 Å². The van der Waals surface area contributed by atoms with Crippen molar-refractivity contribution in [2.45, 2.75) is 70.9 Å². The molecule has 1 aliphatic carbocycles. The maximum atomic E-state index is 13.5. The SMILES string of the molecule is Cc1ccc(C2c3ccsc3CCN2CC(=O)N2CCN(C(=O)CCC3CCCC3)C(C)C2)cc1. The van der Waals surface area contributed by atoms with Crippen molar-refractivity contribution in [2.75, 3.05) is 32.7 Å². The Morgan fingerprint density at radius 1 is 1.00 bits per heavy atom. The van der Waals surface area contributed by atoms with Crippen molar-refractivity contribution in [3.8, 4) is 0 Å². The van der Waals surface area contributed by atoms with Crippen molar-refractivity contribution in [3.63, 3.8) is 0 Å². The van der Waals surface area contributed by atoms with Crippen LogP contribution in [-0.2, 0) is 16.0 Å². The van der Waals surface area contributed by atoms with Crippen LogP contribution in [0, 0.1) is 12.8 Å². The molecule has 188 valence electrons. The fourth-order valence-corrected chi connectivity index (χ4v) is 7.18. The lowest BCUT2D eigenvalue weighted by Gasteiger charge is -2.42. The molecule has 3 aliphatic rings. The third-order valence-corrected chi connectivity index (χ3v) is 9.34. The normalized spacial score (nSPS) is 23.5. The predicted octanol–water partition coefficient (Wildman–Crippen LogP) is 5.03. The van der Waals surface area contributed by atoms with E-state index >= 15 is 0 Å². The molecule has 0 bridgehead atoms. The summed E-state index contributed by atoms with van der Waals surface area (Å²) >= 11 is 1.83. The third kappa shape index (κ3) is 5.49. The Bertz CT molecular complexity index is 1030. The molecular formula is C29H39N3O2S. The molecule has 1 saturated carbocycles. The minimum Gasteiger partial charge on any atom is -0.338 e. The number of rotatable bonds is 6. The highest BCUT2D eigenvalue weighted by atomic mass is 32.1. The predicted molar refractivity (Wildman–Crippen MR) is 142 cm³/mol. The summed E-state index contributed by atoms with van der Waals surface area (Å²) in [6, 6.07) is 11.2. The van der Waals surface area contributed by atoms with Gasteiger partial charge in [0.25, 0.3) is 0 Å². The van der Waals surface area contributed by atoms with E-state index in [0.717, 1.165) is 25.3 Å². The van der Waals surface area contributed by atoms with Crippen LogP contribution >= 0.6 is 11.3 Å². The number of hydrogen-bond acceptors (Lipinski definition) is 4. The van der Waals surface area contributed by atoms with Crippen LogP contribution in [0.3, 0.4) is 0 Å². The first-order chi connectivity index (χ1) is 17.0. The lowest BCUT2D eigenvalue weighted by atomic mass is 9.92. The van der Waals surface area contributed by atoms with Crippen molar-refractivity contribution >= 4 is 23.2 Å². The van der Waals surface area contributed by atoms with Crippen LogP contribution in [0.4, 0.5) is 0 Å². The molecule has 5 nitrogen and oxygen atoms in total. The number of benzene rings is 1. The molecule has 2 atom stereocenters. The molecule has 1 aromatic heterocycles. The Hall–Kier alpha value is -2.18. The summed E-state index contributed by atoms with van der Waals surface area (Å²) in [5.41, 5.74) is 3.86. The topological polar surface area (TPSA) is 43.9 Å². The summed E-state index contributed by atoms with van der Waals surface area (Å²) in [4.78, 5) is 34.1. The number of thiophene rings is 1. The number of piperazine rings is 1. The molecule has 0 N–H and O–H groups in total. The van der Waals surface area contributed by atoms with E-state index in [1.54, 1.807) is 0 Å². The first-order valence-electron chi connectivity index (χ1n) is 13.4. The first kappa shape index (κ1) is 24.5. The fourth-order valence-electron chi connectivity index (χ4n) is 6.28. The number of hydrogen-bond donors (Lipinski definition) is 0. The third-order valence-electron chi connectivity index (χ3n) is 8.34. The van der Waals surface area contributed by atoms with E-state index in [9.17, 15) is 9.59 Å². The summed E-state index contributed by atoms with van der Waals surface area (Å²) in [7, 11) is 0. The molecule has 3 heterocycles. The van der Waals surface area contributed by atoms with Crippen LogP contribution in [0.25, 0.3) is 0 Å². The van der Waals surface area contributed by atoms with E-state index in [0.29, 0.717) is 32.6 Å². The molecule has 0 radical (unpaired) electrons. The van der Waals surface area contributed by atoms with Gasteiger partial charge in [0.15, 0.2) is 0 Å². The molecule has 1 aromatic carbocycles. The summed E-state index contributed by atoms with van der Waals surface area (Å²) in [6.45, 7) is 7.48. The second-order valence-corrected chi connectivity index (χ2v) is 11.8. The smallest absolute Gasteiger partial charge is 0.236 e. The van der Waals surface area contributed by atoms with Gasteiger partial charge in [-0.05, 0) is 55.2 Å². The molecule has 2 unspecified atom stereocenters. The molecule has 2 amide bonds. The van der Waals surface area contributed by atoms with Gasteiger partial charge in [-0.2, -0.15) is 0 Å². The lowest BCUT2D eigenvalue weighted by Crippen LogP contribution is -2.57. The average Bonchev–Trinajstić information content (AvgIpc) is 3.55. The second-order valence-electron chi connectivity index (χ2n) is 10.8. The van der Waals surface area contributed by atoms with Gasteiger partial charge in [0.1, 0.15) is 0 Å². The van der Waals surface area contributed by atoms with Gasteiger partial charge in [-0.25, -0.2) is 0 Å². The van der Waals surface area contributed by atoms with Crippen molar-refractivity contribution in [2.24, 2.45) is 5.92 Å². The van der Waals surface area contributed by atoms with Crippen molar-refractivity contribution < 1.29 is 9.59 Å². The maximum Gasteiger partial charge on any atom is 0.236 e. The van der Waals surface area contributed by atoms with Gasteiger partial charge in [-0.15, -0.1) is 11.3 Å². The monoisotopic (exact) mass is 493 g/mol. The van der Waals surface area contributed by atoms with E-state index < -0.39 is 0 Å². The van der Waals surface area contributed by atoms with Crippen LogP contribution in [0.2, 0.25) is 0 Å². The van der Waals surface area contributed by atoms with Gasteiger partial charge in [0.2, 0.25) is 11.8 Å². The standard InChI is InChI=1S/C29H39N3O2S/c1-21-7-10-24(11-8-21)29-25-14-18-35-26(25)13-15-31(29)20-28(34)30-16-17-32(22(2)19-30)27(33)12-9-23-5-3-4-6-23/h7-8,10-11,14,18,22-23,29H,3-6,9,12-13,15-17,19-20H2,1-2H3. The Balaban J connectivity index is 1.20. The second kappa shape index (κ2) is 10.8. The molecule has 2 aliphatic heterocycles. The minimum atomic E-state index is 0.0847. The molecule has 2 fully saturated rings. The number of nitrogens with zero attached hydrogens (tertiary/aromatic N) is 3. The molecule has 1 saturated heterocycles. The highest BCUT2D eigenvalue weighted by Crippen LogP contribution is 2.38. The van der Waals surface area contributed by atoms with Crippen molar-refractivity contribution in [1.29, 1.82) is 0 Å². The van der Waals surface area contributed by atoms with Crippen LogP contribution in [0.15, 0.2) is 35.7 Å². The van der Waals surface area contributed by atoms with Gasteiger partial charge in [0, 0.05) is 43.5 Å². The molecule has 0 spiro atoms. The van der Waals surface area contributed by atoms with Crippen LogP contribution < -0.4 is 0 Å². The quantitative estimate of drug-likeness (QED) is 0.567. The number of carbonyl (C=O) groups is 2. The van der Waals surface area contributed by atoms with Gasteiger partial charge in [-0.3, -0.25) is 14.5 Å². The fraction of sp³-hybridized carbons (Fsp3) is 0.586. The Morgan fingerprint density at radius 2 is 1.77 bits per heavy atom. The van der Waals surface area contributed by atoms with E-state index in [2.05, 4.69) is 54.5 Å².